The van der Waals surface area contributed by atoms with Crippen molar-refractivity contribution in [2.45, 2.75) is 45.3 Å². The highest BCUT2D eigenvalue weighted by Crippen LogP contribution is 2.30. The molecule has 1 aliphatic rings. The lowest BCUT2D eigenvalue weighted by Crippen LogP contribution is -2.39. The van der Waals surface area contributed by atoms with Crippen LogP contribution in [-0.4, -0.2) is 29.8 Å². The van der Waals surface area contributed by atoms with Gasteiger partial charge in [0.2, 0.25) is 0 Å². The van der Waals surface area contributed by atoms with Crippen molar-refractivity contribution in [1.82, 2.24) is 0 Å². The van der Waals surface area contributed by atoms with Crippen LogP contribution in [0, 0.1) is 11.8 Å². The smallest absolute Gasteiger partial charge is 0.325 e. The summed E-state index contributed by atoms with van der Waals surface area (Å²) in [5.41, 5.74) is 5.38. The number of esters is 1. The molecule has 3 atom stereocenters. The summed E-state index contributed by atoms with van der Waals surface area (Å²) in [6.45, 7) is 3.99. The summed E-state index contributed by atoms with van der Waals surface area (Å²) < 4.78 is 5.26. The van der Waals surface area contributed by atoms with Crippen molar-refractivity contribution >= 4 is 5.97 Å². The van der Waals surface area contributed by atoms with E-state index in [0.29, 0.717) is 11.8 Å². The summed E-state index contributed by atoms with van der Waals surface area (Å²) in [6, 6.07) is -0.891. The lowest BCUT2D eigenvalue weighted by molar-refractivity contribution is -0.154. The molecule has 0 aromatic rings. The zero-order valence-corrected chi connectivity index (χ0v) is 9.48. The molecule has 4 nitrogen and oxygen atoms in total. The summed E-state index contributed by atoms with van der Waals surface area (Å²) in [5.74, 6) is 0.706. The van der Waals surface area contributed by atoms with Gasteiger partial charge in [-0.1, -0.05) is 13.8 Å². The maximum atomic E-state index is 11.3. The SMILES string of the molecule is CC1CC(C)CC(OC(=O)C(N)CO)C1. The molecule has 0 aromatic carbocycles. The van der Waals surface area contributed by atoms with Crippen molar-refractivity contribution in [2.75, 3.05) is 6.61 Å². The van der Waals surface area contributed by atoms with E-state index in [1.54, 1.807) is 0 Å². The van der Waals surface area contributed by atoms with Crippen LogP contribution < -0.4 is 5.73 Å². The molecule has 3 unspecified atom stereocenters. The molecule has 0 amide bonds. The lowest BCUT2D eigenvalue weighted by Gasteiger charge is -2.31. The number of carbonyl (C=O) groups excluding carboxylic acids is 1. The van der Waals surface area contributed by atoms with Crippen LogP contribution >= 0.6 is 0 Å². The first-order chi connectivity index (χ1) is 7.02. The fraction of sp³-hybridized carbons (Fsp3) is 0.909. The Labute approximate surface area is 90.8 Å². The van der Waals surface area contributed by atoms with Crippen molar-refractivity contribution in [3.8, 4) is 0 Å². The number of aliphatic hydroxyl groups is 1. The Morgan fingerprint density at radius 2 is 1.93 bits per heavy atom. The fourth-order valence-corrected chi connectivity index (χ4v) is 2.30. The monoisotopic (exact) mass is 215 g/mol. The molecule has 0 aliphatic heterocycles. The van der Waals surface area contributed by atoms with Gasteiger partial charge in [-0.25, -0.2) is 0 Å². The van der Waals surface area contributed by atoms with Crippen LogP contribution in [0.15, 0.2) is 0 Å². The Morgan fingerprint density at radius 3 is 2.40 bits per heavy atom. The highest BCUT2D eigenvalue weighted by molar-refractivity contribution is 5.75. The molecule has 0 saturated heterocycles. The van der Waals surface area contributed by atoms with E-state index in [-0.39, 0.29) is 12.7 Å². The topological polar surface area (TPSA) is 72.5 Å². The van der Waals surface area contributed by atoms with Gasteiger partial charge < -0.3 is 15.6 Å². The second-order valence-electron chi connectivity index (χ2n) is 4.77. The summed E-state index contributed by atoms with van der Waals surface area (Å²) in [5, 5.41) is 8.71. The third-order valence-corrected chi connectivity index (χ3v) is 2.92. The molecule has 15 heavy (non-hydrogen) atoms. The van der Waals surface area contributed by atoms with Gasteiger partial charge in [-0.05, 0) is 31.1 Å². The second kappa shape index (κ2) is 5.47. The van der Waals surface area contributed by atoms with Gasteiger partial charge >= 0.3 is 5.97 Å². The van der Waals surface area contributed by atoms with E-state index in [9.17, 15) is 4.79 Å². The largest absolute Gasteiger partial charge is 0.461 e. The maximum absolute atomic E-state index is 11.3. The highest BCUT2D eigenvalue weighted by atomic mass is 16.5. The van der Waals surface area contributed by atoms with Crippen LogP contribution in [0.25, 0.3) is 0 Å². The Balaban J connectivity index is 2.40. The number of carbonyl (C=O) groups is 1. The number of hydrogen-bond donors (Lipinski definition) is 2. The molecule has 0 aromatic heterocycles. The molecular formula is C11H21NO3. The standard InChI is InChI=1S/C11H21NO3/c1-7-3-8(2)5-9(4-7)15-11(14)10(12)6-13/h7-10,13H,3-6,12H2,1-2H3. The maximum Gasteiger partial charge on any atom is 0.325 e. The zero-order chi connectivity index (χ0) is 11.4. The number of hydrogen-bond acceptors (Lipinski definition) is 4. The number of nitrogens with two attached hydrogens (primary N) is 1. The summed E-state index contributed by atoms with van der Waals surface area (Å²) in [6.07, 6.45) is 3.00. The first kappa shape index (κ1) is 12.5. The van der Waals surface area contributed by atoms with Crippen molar-refractivity contribution in [1.29, 1.82) is 0 Å². The molecule has 1 aliphatic carbocycles. The molecule has 1 saturated carbocycles. The Hall–Kier alpha value is -0.610. The van der Waals surface area contributed by atoms with Gasteiger partial charge in [0.1, 0.15) is 12.1 Å². The Morgan fingerprint density at radius 1 is 1.40 bits per heavy atom. The van der Waals surface area contributed by atoms with Crippen LogP contribution in [-0.2, 0) is 9.53 Å². The molecule has 3 N–H and O–H groups in total. The first-order valence-electron chi connectivity index (χ1n) is 5.59. The summed E-state index contributed by atoms with van der Waals surface area (Å²) in [7, 11) is 0. The predicted octanol–water partition coefficient (Wildman–Crippen LogP) is 0.674. The molecule has 88 valence electrons. The van der Waals surface area contributed by atoms with Gasteiger partial charge in [-0.15, -0.1) is 0 Å². The third-order valence-electron chi connectivity index (χ3n) is 2.92. The van der Waals surface area contributed by atoms with Crippen LogP contribution in [0.3, 0.4) is 0 Å². The second-order valence-corrected chi connectivity index (χ2v) is 4.77. The van der Waals surface area contributed by atoms with Gasteiger partial charge in [0, 0.05) is 0 Å². The third kappa shape index (κ3) is 3.80. The normalized spacial score (nSPS) is 33.5. The first-order valence-corrected chi connectivity index (χ1v) is 5.59. The summed E-state index contributed by atoms with van der Waals surface area (Å²) >= 11 is 0. The molecule has 0 spiro atoms. The van der Waals surface area contributed by atoms with Crippen LogP contribution in [0.5, 0.6) is 0 Å². The quantitative estimate of drug-likeness (QED) is 0.679. The van der Waals surface area contributed by atoms with Gasteiger partial charge in [-0.3, -0.25) is 4.79 Å². The molecule has 1 fully saturated rings. The van der Waals surface area contributed by atoms with Crippen LogP contribution in [0.2, 0.25) is 0 Å². The van der Waals surface area contributed by atoms with E-state index in [1.165, 1.54) is 6.42 Å². The molecule has 0 radical (unpaired) electrons. The minimum absolute atomic E-state index is 0.0196. The van der Waals surface area contributed by atoms with Gasteiger partial charge in [0.15, 0.2) is 0 Å². The number of rotatable bonds is 3. The molecular weight excluding hydrogens is 194 g/mol. The average Bonchev–Trinajstić information content (AvgIpc) is 2.14. The Bertz CT molecular complexity index is 210. The van der Waals surface area contributed by atoms with Crippen molar-refractivity contribution in [3.05, 3.63) is 0 Å². The van der Waals surface area contributed by atoms with Crippen LogP contribution in [0.4, 0.5) is 0 Å². The van der Waals surface area contributed by atoms with E-state index >= 15 is 0 Å². The number of aliphatic hydroxyl groups excluding tert-OH is 1. The summed E-state index contributed by atoms with van der Waals surface area (Å²) in [4.78, 5) is 11.3. The lowest BCUT2D eigenvalue weighted by atomic mass is 9.82. The van der Waals surface area contributed by atoms with Crippen molar-refractivity contribution in [3.63, 3.8) is 0 Å². The van der Waals surface area contributed by atoms with E-state index < -0.39 is 12.0 Å². The predicted molar refractivity (Wildman–Crippen MR) is 57.1 cm³/mol. The van der Waals surface area contributed by atoms with E-state index in [2.05, 4.69) is 13.8 Å². The molecule has 0 bridgehead atoms. The molecule has 4 heteroatoms. The average molecular weight is 215 g/mol. The van der Waals surface area contributed by atoms with Crippen molar-refractivity contribution < 1.29 is 14.6 Å². The fourth-order valence-electron chi connectivity index (χ4n) is 2.30. The van der Waals surface area contributed by atoms with Crippen LogP contribution in [0.1, 0.15) is 33.1 Å². The van der Waals surface area contributed by atoms with E-state index in [0.717, 1.165) is 12.8 Å². The molecule has 1 rings (SSSR count). The highest BCUT2D eigenvalue weighted by Gasteiger charge is 2.27. The van der Waals surface area contributed by atoms with E-state index in [1.807, 2.05) is 0 Å². The van der Waals surface area contributed by atoms with Gasteiger partial charge in [0.25, 0.3) is 0 Å². The molecule has 0 heterocycles. The van der Waals surface area contributed by atoms with E-state index in [4.69, 9.17) is 15.6 Å². The zero-order valence-electron chi connectivity index (χ0n) is 9.48. The van der Waals surface area contributed by atoms with Gasteiger partial charge in [0.05, 0.1) is 6.61 Å². The van der Waals surface area contributed by atoms with Gasteiger partial charge in [-0.2, -0.15) is 0 Å². The van der Waals surface area contributed by atoms with Crippen molar-refractivity contribution in [2.24, 2.45) is 17.6 Å². The number of ether oxygens (including phenoxy) is 1. The minimum Gasteiger partial charge on any atom is -0.461 e. The Kier molecular flexibility index (Phi) is 4.54. The minimum atomic E-state index is -0.891.